The number of benzene rings is 2. The van der Waals surface area contributed by atoms with E-state index in [1.807, 2.05) is 26.0 Å². The van der Waals surface area contributed by atoms with Crippen LogP contribution in [0.1, 0.15) is 43.6 Å². The highest BCUT2D eigenvalue weighted by molar-refractivity contribution is 7.21. The first-order valence-electron chi connectivity index (χ1n) is 8.53. The number of carbonyl (C=O) groups is 2. The van der Waals surface area contributed by atoms with E-state index in [1.54, 1.807) is 25.1 Å². The summed E-state index contributed by atoms with van der Waals surface area (Å²) in [5.74, 6) is -1.52. The van der Waals surface area contributed by atoms with Crippen LogP contribution in [0.3, 0.4) is 0 Å². The Hall–Kier alpha value is -2.73. The molecule has 0 saturated heterocycles. The maximum absolute atomic E-state index is 14.4. The monoisotopic (exact) mass is 386 g/mol. The number of esters is 2. The fourth-order valence-corrected chi connectivity index (χ4v) is 3.95. The maximum atomic E-state index is 14.4. The number of aryl methyl sites for hydroxylation is 2. The van der Waals surface area contributed by atoms with Crippen LogP contribution in [-0.2, 0) is 16.1 Å². The van der Waals surface area contributed by atoms with Crippen LogP contribution in [0.4, 0.5) is 4.39 Å². The Morgan fingerprint density at radius 2 is 1.85 bits per heavy atom. The Kier molecular flexibility index (Phi) is 5.56. The predicted octanol–water partition coefficient (Wildman–Crippen LogP) is 5.19. The predicted molar refractivity (Wildman–Crippen MR) is 103 cm³/mol. The van der Waals surface area contributed by atoms with E-state index in [2.05, 4.69) is 0 Å². The number of ether oxygens (including phenoxy) is 2. The van der Waals surface area contributed by atoms with Crippen molar-refractivity contribution in [1.82, 2.24) is 0 Å². The van der Waals surface area contributed by atoms with Crippen LogP contribution in [0.15, 0.2) is 36.4 Å². The number of fused-ring (bicyclic) bond motifs is 1. The van der Waals surface area contributed by atoms with Crippen molar-refractivity contribution in [2.75, 3.05) is 6.61 Å². The molecule has 0 spiro atoms. The molecule has 3 aromatic rings. The van der Waals surface area contributed by atoms with E-state index in [0.717, 1.165) is 22.5 Å². The molecule has 4 nitrogen and oxygen atoms in total. The summed E-state index contributed by atoms with van der Waals surface area (Å²) in [6.07, 6.45) is 0. The van der Waals surface area contributed by atoms with Gasteiger partial charge in [-0.1, -0.05) is 23.8 Å². The van der Waals surface area contributed by atoms with Gasteiger partial charge in [-0.15, -0.1) is 11.3 Å². The summed E-state index contributed by atoms with van der Waals surface area (Å²) in [4.78, 5) is 25.1. The Morgan fingerprint density at radius 1 is 1.07 bits per heavy atom. The summed E-state index contributed by atoms with van der Waals surface area (Å²) in [7, 11) is 0. The van der Waals surface area contributed by atoms with Crippen molar-refractivity contribution >= 4 is 33.4 Å². The van der Waals surface area contributed by atoms with Crippen molar-refractivity contribution in [3.8, 4) is 0 Å². The van der Waals surface area contributed by atoms with Gasteiger partial charge in [0.05, 0.1) is 12.2 Å². The molecule has 2 aromatic carbocycles. The zero-order valence-electron chi connectivity index (χ0n) is 15.3. The zero-order chi connectivity index (χ0) is 19.6. The first-order chi connectivity index (χ1) is 12.9. The molecule has 0 radical (unpaired) electrons. The molecule has 140 valence electrons. The average molecular weight is 386 g/mol. The largest absolute Gasteiger partial charge is 0.462 e. The molecule has 1 heterocycles. The third kappa shape index (κ3) is 3.85. The number of thiophene rings is 1. The van der Waals surface area contributed by atoms with E-state index in [0.29, 0.717) is 21.2 Å². The molecule has 0 atom stereocenters. The number of hydrogen-bond acceptors (Lipinski definition) is 5. The minimum absolute atomic E-state index is 0.206. The minimum Gasteiger partial charge on any atom is -0.462 e. The molecule has 0 saturated carbocycles. The van der Waals surface area contributed by atoms with Crippen LogP contribution in [0.5, 0.6) is 0 Å². The fourth-order valence-electron chi connectivity index (χ4n) is 2.84. The highest BCUT2D eigenvalue weighted by Crippen LogP contribution is 2.34. The average Bonchev–Trinajstić information content (AvgIpc) is 3.02. The van der Waals surface area contributed by atoms with Crippen molar-refractivity contribution < 1.29 is 23.5 Å². The molecular formula is C21H19FO4S. The highest BCUT2D eigenvalue weighted by Gasteiger charge is 2.23. The van der Waals surface area contributed by atoms with Gasteiger partial charge in [0.25, 0.3) is 0 Å². The van der Waals surface area contributed by atoms with Crippen LogP contribution in [0.2, 0.25) is 0 Å². The van der Waals surface area contributed by atoms with Gasteiger partial charge in [0.2, 0.25) is 0 Å². The van der Waals surface area contributed by atoms with Gasteiger partial charge in [0.1, 0.15) is 17.3 Å². The number of carbonyl (C=O) groups excluding carboxylic acids is 2. The van der Waals surface area contributed by atoms with E-state index in [9.17, 15) is 14.0 Å². The quantitative estimate of drug-likeness (QED) is 0.566. The summed E-state index contributed by atoms with van der Waals surface area (Å²) in [6.45, 7) is 5.40. The second kappa shape index (κ2) is 7.88. The minimum atomic E-state index is -0.545. The topological polar surface area (TPSA) is 52.6 Å². The molecule has 3 rings (SSSR count). The zero-order valence-corrected chi connectivity index (χ0v) is 16.1. The van der Waals surface area contributed by atoms with Gasteiger partial charge in [-0.25, -0.2) is 14.0 Å². The van der Waals surface area contributed by atoms with Gasteiger partial charge in [-0.3, -0.25) is 0 Å². The molecule has 0 amide bonds. The standard InChI is InChI=1S/C21H19FO4S/c1-4-25-21(24)19-15(18-16(22)6-5-7-17(18)27-19)11-26-20(23)14-10-12(2)8-9-13(14)3/h5-10H,4,11H2,1-3H3. The summed E-state index contributed by atoms with van der Waals surface area (Å²) >= 11 is 1.13. The van der Waals surface area contributed by atoms with Gasteiger partial charge < -0.3 is 9.47 Å². The first kappa shape index (κ1) is 19.0. The molecule has 0 N–H and O–H groups in total. The Labute approximate surface area is 160 Å². The molecule has 0 aliphatic carbocycles. The number of rotatable bonds is 5. The molecule has 0 fully saturated rings. The lowest BCUT2D eigenvalue weighted by molar-refractivity contribution is 0.0453. The molecule has 0 aliphatic heterocycles. The molecule has 0 aliphatic rings. The SMILES string of the molecule is CCOC(=O)c1sc2cccc(F)c2c1COC(=O)c1cc(C)ccc1C. The van der Waals surface area contributed by atoms with E-state index in [4.69, 9.17) is 9.47 Å². The fraction of sp³-hybridized carbons (Fsp3) is 0.238. The van der Waals surface area contributed by atoms with Crippen LogP contribution >= 0.6 is 11.3 Å². The molecular weight excluding hydrogens is 367 g/mol. The number of hydrogen-bond donors (Lipinski definition) is 0. The van der Waals surface area contributed by atoms with Crippen LogP contribution < -0.4 is 0 Å². The lowest BCUT2D eigenvalue weighted by atomic mass is 10.1. The van der Waals surface area contributed by atoms with Crippen LogP contribution in [-0.4, -0.2) is 18.5 Å². The number of halogens is 1. The van der Waals surface area contributed by atoms with Crippen molar-refractivity contribution in [3.63, 3.8) is 0 Å². The lowest BCUT2D eigenvalue weighted by Crippen LogP contribution is -2.10. The van der Waals surface area contributed by atoms with Gasteiger partial charge in [-0.2, -0.15) is 0 Å². The Bertz CT molecular complexity index is 1020. The summed E-state index contributed by atoms with van der Waals surface area (Å²) in [6, 6.07) is 10.1. The summed E-state index contributed by atoms with van der Waals surface area (Å²) < 4.78 is 25.5. The second-order valence-corrected chi connectivity index (χ2v) is 7.19. The van der Waals surface area contributed by atoms with Crippen LogP contribution in [0.25, 0.3) is 10.1 Å². The maximum Gasteiger partial charge on any atom is 0.348 e. The Morgan fingerprint density at radius 3 is 2.59 bits per heavy atom. The third-order valence-corrected chi connectivity index (χ3v) is 5.36. The molecule has 0 bridgehead atoms. The second-order valence-electron chi connectivity index (χ2n) is 6.14. The van der Waals surface area contributed by atoms with Gasteiger partial charge >= 0.3 is 11.9 Å². The normalized spacial score (nSPS) is 10.8. The first-order valence-corrected chi connectivity index (χ1v) is 9.35. The van der Waals surface area contributed by atoms with E-state index < -0.39 is 17.8 Å². The van der Waals surface area contributed by atoms with Gasteiger partial charge in [0.15, 0.2) is 0 Å². The van der Waals surface area contributed by atoms with Gasteiger partial charge in [-0.05, 0) is 44.5 Å². The molecule has 1 aromatic heterocycles. The van der Waals surface area contributed by atoms with Crippen molar-refractivity contribution in [3.05, 3.63) is 69.3 Å². The van der Waals surface area contributed by atoms with Crippen molar-refractivity contribution in [1.29, 1.82) is 0 Å². The molecule has 6 heteroatoms. The highest BCUT2D eigenvalue weighted by atomic mass is 32.1. The van der Waals surface area contributed by atoms with Gasteiger partial charge in [0, 0.05) is 15.6 Å². The Balaban J connectivity index is 1.96. The molecule has 27 heavy (non-hydrogen) atoms. The van der Waals surface area contributed by atoms with E-state index >= 15 is 0 Å². The van der Waals surface area contributed by atoms with Crippen molar-refractivity contribution in [2.45, 2.75) is 27.4 Å². The summed E-state index contributed by atoms with van der Waals surface area (Å²) in [5, 5.41) is 0.291. The third-order valence-electron chi connectivity index (χ3n) is 4.18. The van der Waals surface area contributed by atoms with Crippen molar-refractivity contribution in [2.24, 2.45) is 0 Å². The van der Waals surface area contributed by atoms with Crippen LogP contribution in [0, 0.1) is 19.7 Å². The van der Waals surface area contributed by atoms with E-state index in [-0.39, 0.29) is 18.1 Å². The lowest BCUT2D eigenvalue weighted by Gasteiger charge is -2.09. The molecule has 0 unspecified atom stereocenters. The van der Waals surface area contributed by atoms with E-state index in [1.165, 1.54) is 6.07 Å². The summed E-state index contributed by atoms with van der Waals surface area (Å²) in [5.41, 5.74) is 2.52. The smallest absolute Gasteiger partial charge is 0.348 e.